The van der Waals surface area contributed by atoms with Gasteiger partial charge < -0.3 is 9.64 Å². The highest BCUT2D eigenvalue weighted by molar-refractivity contribution is 9.10. The maximum absolute atomic E-state index is 11.6. The van der Waals surface area contributed by atoms with Crippen molar-refractivity contribution in [3.63, 3.8) is 0 Å². The molecular formula is C14H17BrClNO2. The van der Waals surface area contributed by atoms with Crippen LogP contribution in [-0.4, -0.2) is 36.4 Å². The van der Waals surface area contributed by atoms with E-state index in [4.69, 9.17) is 16.3 Å². The summed E-state index contributed by atoms with van der Waals surface area (Å²) in [5.41, 5.74) is 0. The largest absolute Gasteiger partial charge is 0.493 e. The van der Waals surface area contributed by atoms with Gasteiger partial charge in [0, 0.05) is 23.5 Å². The van der Waals surface area contributed by atoms with Gasteiger partial charge in [0.2, 0.25) is 5.91 Å². The highest BCUT2D eigenvalue weighted by Gasteiger charge is 2.23. The van der Waals surface area contributed by atoms with Crippen molar-refractivity contribution < 1.29 is 9.53 Å². The van der Waals surface area contributed by atoms with Crippen LogP contribution in [0.5, 0.6) is 5.75 Å². The lowest BCUT2D eigenvalue weighted by atomic mass is 9.99. The first-order chi connectivity index (χ1) is 9.19. The van der Waals surface area contributed by atoms with Crippen molar-refractivity contribution in [2.24, 2.45) is 5.92 Å². The van der Waals surface area contributed by atoms with Crippen LogP contribution >= 0.6 is 27.5 Å². The van der Waals surface area contributed by atoms with Crippen molar-refractivity contribution in [1.29, 1.82) is 0 Å². The van der Waals surface area contributed by atoms with Crippen molar-refractivity contribution in [3.8, 4) is 5.75 Å². The molecule has 19 heavy (non-hydrogen) atoms. The van der Waals surface area contributed by atoms with Gasteiger partial charge in [0.15, 0.2) is 0 Å². The zero-order chi connectivity index (χ0) is 13.7. The lowest BCUT2D eigenvalue weighted by Crippen LogP contribution is -2.42. The van der Waals surface area contributed by atoms with Gasteiger partial charge in [-0.25, -0.2) is 0 Å². The van der Waals surface area contributed by atoms with Gasteiger partial charge in [-0.15, -0.1) is 11.6 Å². The van der Waals surface area contributed by atoms with Gasteiger partial charge in [-0.2, -0.15) is 0 Å². The van der Waals surface area contributed by atoms with E-state index >= 15 is 0 Å². The molecule has 0 aliphatic carbocycles. The third kappa shape index (κ3) is 4.39. The summed E-state index contributed by atoms with van der Waals surface area (Å²) in [4.78, 5) is 13.4. The summed E-state index contributed by atoms with van der Waals surface area (Å²) in [6.07, 6.45) is 2.12. The van der Waals surface area contributed by atoms with Gasteiger partial charge in [0.05, 0.1) is 6.61 Å². The molecule has 0 spiro atoms. The smallest absolute Gasteiger partial charge is 0.237 e. The zero-order valence-electron chi connectivity index (χ0n) is 10.6. The number of nitrogens with zero attached hydrogens (tertiary/aromatic N) is 1. The summed E-state index contributed by atoms with van der Waals surface area (Å²) in [5, 5.41) is 0. The van der Waals surface area contributed by atoms with E-state index in [0.29, 0.717) is 12.5 Å². The van der Waals surface area contributed by atoms with E-state index in [2.05, 4.69) is 15.9 Å². The van der Waals surface area contributed by atoms with E-state index in [1.54, 1.807) is 0 Å². The Morgan fingerprint density at radius 1 is 1.42 bits per heavy atom. The van der Waals surface area contributed by atoms with Crippen LogP contribution in [0.2, 0.25) is 0 Å². The number of hydrogen-bond donors (Lipinski definition) is 0. The minimum atomic E-state index is 0.0232. The standard InChI is InChI=1S/C14H17BrClNO2/c15-12-3-5-13(6-4-12)19-10-11-2-1-7-17(9-11)14(18)8-16/h3-6,11H,1-2,7-10H2. The van der Waals surface area contributed by atoms with Gasteiger partial charge in [0.1, 0.15) is 11.6 Å². The molecule has 1 saturated heterocycles. The lowest BCUT2D eigenvalue weighted by molar-refractivity contribution is -0.130. The van der Waals surface area contributed by atoms with Crippen LogP contribution in [0, 0.1) is 5.92 Å². The number of halogens is 2. The summed E-state index contributed by atoms with van der Waals surface area (Å²) in [6, 6.07) is 7.79. The molecule has 1 aliphatic rings. The molecule has 0 aromatic heterocycles. The van der Waals surface area contributed by atoms with Gasteiger partial charge in [-0.3, -0.25) is 4.79 Å². The van der Waals surface area contributed by atoms with Gasteiger partial charge in [-0.1, -0.05) is 15.9 Å². The van der Waals surface area contributed by atoms with Gasteiger partial charge in [0.25, 0.3) is 0 Å². The summed E-state index contributed by atoms with van der Waals surface area (Å²) in [6.45, 7) is 2.22. The van der Waals surface area contributed by atoms with E-state index in [9.17, 15) is 4.79 Å². The van der Waals surface area contributed by atoms with E-state index < -0.39 is 0 Å². The quantitative estimate of drug-likeness (QED) is 0.783. The van der Waals surface area contributed by atoms with Crippen LogP contribution < -0.4 is 4.74 Å². The summed E-state index contributed by atoms with van der Waals surface area (Å²) < 4.78 is 6.81. The number of hydrogen-bond acceptors (Lipinski definition) is 2. The fourth-order valence-electron chi connectivity index (χ4n) is 2.26. The molecule has 0 N–H and O–H groups in total. The number of benzene rings is 1. The Labute approximate surface area is 127 Å². The van der Waals surface area contributed by atoms with Gasteiger partial charge >= 0.3 is 0 Å². The molecule has 1 amide bonds. The molecule has 2 rings (SSSR count). The average molecular weight is 347 g/mol. The predicted octanol–water partition coefficient (Wildman–Crippen LogP) is 3.31. The second-order valence-corrected chi connectivity index (χ2v) is 5.93. The molecule has 1 aromatic rings. The van der Waals surface area contributed by atoms with Crippen LogP contribution in [0.4, 0.5) is 0 Å². The maximum atomic E-state index is 11.6. The first-order valence-electron chi connectivity index (χ1n) is 6.41. The number of rotatable bonds is 4. The van der Waals surface area contributed by atoms with Crippen LogP contribution in [0.15, 0.2) is 28.7 Å². The molecule has 1 heterocycles. The SMILES string of the molecule is O=C(CCl)N1CCCC(COc2ccc(Br)cc2)C1. The molecular weight excluding hydrogens is 330 g/mol. The van der Waals surface area contributed by atoms with E-state index in [1.165, 1.54) is 0 Å². The number of piperidine rings is 1. The van der Waals surface area contributed by atoms with Crippen LogP contribution in [0.1, 0.15) is 12.8 Å². The Kier molecular flexibility index (Phi) is 5.52. The van der Waals surface area contributed by atoms with E-state index in [0.717, 1.165) is 36.2 Å². The molecule has 1 unspecified atom stereocenters. The van der Waals surface area contributed by atoms with Crippen molar-refractivity contribution in [1.82, 2.24) is 4.90 Å². The molecule has 0 radical (unpaired) electrons. The predicted molar refractivity (Wildman–Crippen MR) is 79.7 cm³/mol. The fraction of sp³-hybridized carbons (Fsp3) is 0.500. The summed E-state index contributed by atoms with van der Waals surface area (Å²) in [5.74, 6) is 1.35. The topological polar surface area (TPSA) is 29.5 Å². The Balaban J connectivity index is 1.82. The van der Waals surface area contributed by atoms with Crippen molar-refractivity contribution in [3.05, 3.63) is 28.7 Å². The zero-order valence-corrected chi connectivity index (χ0v) is 13.0. The second kappa shape index (κ2) is 7.15. The number of alkyl halides is 1. The van der Waals surface area contributed by atoms with E-state index in [1.807, 2.05) is 29.2 Å². The van der Waals surface area contributed by atoms with Crippen molar-refractivity contribution >= 4 is 33.4 Å². The first kappa shape index (κ1) is 14.7. The monoisotopic (exact) mass is 345 g/mol. The fourth-order valence-corrected chi connectivity index (χ4v) is 2.69. The normalized spacial score (nSPS) is 19.3. The first-order valence-corrected chi connectivity index (χ1v) is 7.74. The molecule has 1 aliphatic heterocycles. The number of amides is 1. The molecule has 0 saturated carbocycles. The highest BCUT2D eigenvalue weighted by Crippen LogP contribution is 2.20. The molecule has 1 atom stereocenters. The third-order valence-electron chi connectivity index (χ3n) is 3.29. The van der Waals surface area contributed by atoms with Crippen LogP contribution in [0.25, 0.3) is 0 Å². The Hall–Kier alpha value is -0.740. The molecule has 0 bridgehead atoms. The minimum absolute atomic E-state index is 0.0232. The maximum Gasteiger partial charge on any atom is 0.237 e. The van der Waals surface area contributed by atoms with Crippen molar-refractivity contribution in [2.45, 2.75) is 12.8 Å². The Bertz CT molecular complexity index is 424. The molecule has 5 heteroatoms. The lowest BCUT2D eigenvalue weighted by Gasteiger charge is -2.32. The summed E-state index contributed by atoms with van der Waals surface area (Å²) >= 11 is 8.99. The Morgan fingerprint density at radius 3 is 2.84 bits per heavy atom. The Morgan fingerprint density at radius 2 is 2.16 bits per heavy atom. The number of likely N-dealkylation sites (tertiary alicyclic amines) is 1. The molecule has 1 fully saturated rings. The molecule has 1 aromatic carbocycles. The molecule has 3 nitrogen and oxygen atoms in total. The van der Waals surface area contributed by atoms with Crippen molar-refractivity contribution in [2.75, 3.05) is 25.6 Å². The van der Waals surface area contributed by atoms with Gasteiger partial charge in [-0.05, 0) is 37.1 Å². The van der Waals surface area contributed by atoms with Crippen LogP contribution in [0.3, 0.4) is 0 Å². The average Bonchev–Trinajstić information content (AvgIpc) is 2.46. The summed E-state index contributed by atoms with van der Waals surface area (Å²) in [7, 11) is 0. The highest BCUT2D eigenvalue weighted by atomic mass is 79.9. The number of ether oxygens (including phenoxy) is 1. The third-order valence-corrected chi connectivity index (χ3v) is 4.04. The number of carbonyl (C=O) groups is 1. The van der Waals surface area contributed by atoms with Crippen LogP contribution in [-0.2, 0) is 4.79 Å². The minimum Gasteiger partial charge on any atom is -0.493 e. The van der Waals surface area contributed by atoms with E-state index in [-0.39, 0.29) is 11.8 Å². The number of carbonyl (C=O) groups excluding carboxylic acids is 1. The second-order valence-electron chi connectivity index (χ2n) is 4.75. The molecule has 104 valence electrons.